The van der Waals surface area contributed by atoms with Crippen LogP contribution in [0.15, 0.2) is 29.2 Å². The summed E-state index contributed by atoms with van der Waals surface area (Å²) >= 11 is 0. The molecule has 0 saturated heterocycles. The molecule has 1 fully saturated rings. The molecule has 0 spiro atoms. The molecule has 0 aromatic heterocycles. The maximum absolute atomic E-state index is 13.6. The van der Waals surface area contributed by atoms with E-state index in [9.17, 15) is 12.8 Å². The van der Waals surface area contributed by atoms with Crippen molar-refractivity contribution in [2.24, 2.45) is 11.7 Å². The molecule has 1 unspecified atom stereocenters. The maximum Gasteiger partial charge on any atom is 0.246 e. The van der Waals surface area contributed by atoms with Crippen LogP contribution in [0.3, 0.4) is 0 Å². The Bertz CT molecular complexity index is 529. The lowest BCUT2D eigenvalue weighted by Crippen LogP contribution is -2.43. The van der Waals surface area contributed by atoms with Crippen molar-refractivity contribution in [3.05, 3.63) is 30.1 Å². The van der Waals surface area contributed by atoms with E-state index < -0.39 is 15.8 Å². The second-order valence-electron chi connectivity index (χ2n) is 4.59. The lowest BCUT2D eigenvalue weighted by molar-refractivity contribution is 0.339. The summed E-state index contributed by atoms with van der Waals surface area (Å²) in [6.07, 6.45) is 1.97. The molecule has 4 nitrogen and oxygen atoms in total. The van der Waals surface area contributed by atoms with Crippen molar-refractivity contribution in [2.75, 3.05) is 13.6 Å². The minimum atomic E-state index is -3.81. The SMILES string of the molecule is CN(C(CN)C1CC1)S(=O)(=O)c1ccccc1F. The predicted molar refractivity (Wildman–Crippen MR) is 66.9 cm³/mol. The van der Waals surface area contributed by atoms with E-state index in [2.05, 4.69) is 0 Å². The molecule has 100 valence electrons. The fourth-order valence-electron chi connectivity index (χ4n) is 2.11. The van der Waals surface area contributed by atoms with Crippen molar-refractivity contribution >= 4 is 10.0 Å². The van der Waals surface area contributed by atoms with E-state index in [1.807, 2.05) is 0 Å². The largest absolute Gasteiger partial charge is 0.329 e. The first-order chi connectivity index (χ1) is 8.48. The van der Waals surface area contributed by atoms with Gasteiger partial charge in [0.1, 0.15) is 10.7 Å². The molecule has 0 heterocycles. The van der Waals surface area contributed by atoms with E-state index in [0.29, 0.717) is 5.92 Å². The van der Waals surface area contributed by atoms with Crippen molar-refractivity contribution < 1.29 is 12.8 Å². The molecule has 1 aliphatic rings. The van der Waals surface area contributed by atoms with Crippen LogP contribution < -0.4 is 5.73 Å². The van der Waals surface area contributed by atoms with Gasteiger partial charge in [-0.15, -0.1) is 0 Å². The number of sulfonamides is 1. The zero-order chi connectivity index (χ0) is 13.3. The molecule has 6 heteroatoms. The summed E-state index contributed by atoms with van der Waals surface area (Å²) in [5.74, 6) is -0.419. The van der Waals surface area contributed by atoms with Gasteiger partial charge in [-0.05, 0) is 30.9 Å². The van der Waals surface area contributed by atoms with E-state index in [4.69, 9.17) is 5.73 Å². The molecule has 0 amide bonds. The molecular weight excluding hydrogens is 255 g/mol. The molecule has 2 rings (SSSR count). The monoisotopic (exact) mass is 272 g/mol. The lowest BCUT2D eigenvalue weighted by Gasteiger charge is -2.26. The van der Waals surface area contributed by atoms with Crippen LogP contribution in [0.5, 0.6) is 0 Å². The summed E-state index contributed by atoms with van der Waals surface area (Å²) in [5.41, 5.74) is 5.63. The van der Waals surface area contributed by atoms with Crippen LogP contribution in [-0.4, -0.2) is 32.4 Å². The van der Waals surface area contributed by atoms with Gasteiger partial charge in [0.15, 0.2) is 0 Å². The van der Waals surface area contributed by atoms with Gasteiger partial charge in [-0.3, -0.25) is 0 Å². The number of nitrogens with zero attached hydrogens (tertiary/aromatic N) is 1. The minimum Gasteiger partial charge on any atom is -0.329 e. The third kappa shape index (κ3) is 2.41. The van der Waals surface area contributed by atoms with Crippen LogP contribution in [0.25, 0.3) is 0 Å². The molecule has 18 heavy (non-hydrogen) atoms. The second kappa shape index (κ2) is 4.95. The molecule has 1 aromatic rings. The normalized spacial score (nSPS) is 18.0. The Morgan fingerprint density at radius 2 is 2.06 bits per heavy atom. The Morgan fingerprint density at radius 3 is 2.56 bits per heavy atom. The van der Waals surface area contributed by atoms with E-state index in [1.54, 1.807) is 0 Å². The van der Waals surface area contributed by atoms with Gasteiger partial charge >= 0.3 is 0 Å². The van der Waals surface area contributed by atoms with Gasteiger partial charge in [-0.2, -0.15) is 4.31 Å². The van der Waals surface area contributed by atoms with E-state index in [0.717, 1.165) is 18.9 Å². The number of hydrogen-bond donors (Lipinski definition) is 1. The number of hydrogen-bond acceptors (Lipinski definition) is 3. The van der Waals surface area contributed by atoms with E-state index >= 15 is 0 Å². The van der Waals surface area contributed by atoms with Gasteiger partial charge < -0.3 is 5.73 Å². The summed E-state index contributed by atoms with van der Waals surface area (Å²) in [6.45, 7) is 0.259. The molecule has 1 aromatic carbocycles. The molecule has 0 bridgehead atoms. The Balaban J connectivity index is 2.33. The smallest absolute Gasteiger partial charge is 0.246 e. The Morgan fingerprint density at radius 1 is 1.44 bits per heavy atom. The predicted octanol–water partition coefficient (Wildman–Crippen LogP) is 1.18. The summed E-state index contributed by atoms with van der Waals surface area (Å²) in [7, 11) is -2.34. The molecule has 1 saturated carbocycles. The number of likely N-dealkylation sites (N-methyl/N-ethyl adjacent to an activating group) is 1. The van der Waals surface area contributed by atoms with Gasteiger partial charge in [0.2, 0.25) is 10.0 Å². The van der Waals surface area contributed by atoms with Crippen LogP contribution in [0, 0.1) is 11.7 Å². The highest BCUT2D eigenvalue weighted by molar-refractivity contribution is 7.89. The van der Waals surface area contributed by atoms with Gasteiger partial charge in [-0.1, -0.05) is 12.1 Å². The zero-order valence-electron chi connectivity index (χ0n) is 10.2. The summed E-state index contributed by atoms with van der Waals surface area (Å²) in [4.78, 5) is -0.286. The van der Waals surface area contributed by atoms with Crippen molar-refractivity contribution in [2.45, 2.75) is 23.8 Å². The Labute approximate surface area is 107 Å². The zero-order valence-corrected chi connectivity index (χ0v) is 11.0. The molecule has 1 atom stereocenters. The number of nitrogens with two attached hydrogens (primary N) is 1. The van der Waals surface area contributed by atoms with Gasteiger partial charge in [0, 0.05) is 19.6 Å². The summed E-state index contributed by atoms with van der Waals surface area (Å²) in [5, 5.41) is 0. The highest BCUT2D eigenvalue weighted by Crippen LogP contribution is 2.36. The van der Waals surface area contributed by atoms with Crippen molar-refractivity contribution in [1.29, 1.82) is 0 Å². The minimum absolute atomic E-state index is 0.241. The molecule has 0 aliphatic heterocycles. The summed E-state index contributed by atoms with van der Waals surface area (Å²) < 4.78 is 39.4. The van der Waals surface area contributed by atoms with Crippen LogP contribution in [0.2, 0.25) is 0 Å². The molecule has 2 N–H and O–H groups in total. The molecule has 0 radical (unpaired) electrons. The van der Waals surface area contributed by atoms with Crippen LogP contribution in [0.1, 0.15) is 12.8 Å². The maximum atomic E-state index is 13.6. The number of rotatable bonds is 5. The first-order valence-corrected chi connectivity index (χ1v) is 7.35. The number of halogens is 1. The lowest BCUT2D eigenvalue weighted by atomic mass is 10.2. The van der Waals surface area contributed by atoms with Crippen LogP contribution in [-0.2, 0) is 10.0 Å². The first kappa shape index (κ1) is 13.5. The topological polar surface area (TPSA) is 63.4 Å². The van der Waals surface area contributed by atoms with Crippen molar-refractivity contribution in [3.63, 3.8) is 0 Å². The fraction of sp³-hybridized carbons (Fsp3) is 0.500. The van der Waals surface area contributed by atoms with Crippen LogP contribution in [0.4, 0.5) is 4.39 Å². The Kier molecular flexibility index (Phi) is 3.70. The standard InChI is InChI=1S/C12H17FN2O2S/c1-15(11(8-14)9-6-7-9)18(16,17)12-5-3-2-4-10(12)13/h2-5,9,11H,6-8,14H2,1H3. The average Bonchev–Trinajstić information content (AvgIpc) is 3.14. The third-order valence-corrected chi connectivity index (χ3v) is 5.28. The van der Waals surface area contributed by atoms with Crippen molar-refractivity contribution in [3.8, 4) is 0 Å². The van der Waals surface area contributed by atoms with E-state index in [-0.39, 0.29) is 17.5 Å². The highest BCUT2D eigenvalue weighted by atomic mass is 32.2. The third-order valence-electron chi connectivity index (χ3n) is 3.37. The second-order valence-corrected chi connectivity index (χ2v) is 6.56. The Hall–Kier alpha value is -0.980. The van der Waals surface area contributed by atoms with Crippen molar-refractivity contribution in [1.82, 2.24) is 4.31 Å². The quantitative estimate of drug-likeness (QED) is 0.875. The average molecular weight is 272 g/mol. The summed E-state index contributed by atoms with van der Waals surface area (Å²) in [6, 6.07) is 5.17. The number of benzene rings is 1. The van der Waals surface area contributed by atoms with E-state index in [1.165, 1.54) is 29.6 Å². The first-order valence-electron chi connectivity index (χ1n) is 5.91. The highest BCUT2D eigenvalue weighted by Gasteiger charge is 2.38. The molecular formula is C12H17FN2O2S. The van der Waals surface area contributed by atoms with Crippen LogP contribution >= 0.6 is 0 Å². The van der Waals surface area contributed by atoms with Gasteiger partial charge in [-0.25, -0.2) is 12.8 Å². The fourth-order valence-corrected chi connectivity index (χ4v) is 3.60. The molecule has 1 aliphatic carbocycles. The van der Waals surface area contributed by atoms with Gasteiger partial charge in [0.25, 0.3) is 0 Å². The van der Waals surface area contributed by atoms with Gasteiger partial charge in [0.05, 0.1) is 0 Å².